The van der Waals surface area contributed by atoms with Crippen molar-refractivity contribution in [2.75, 3.05) is 18.4 Å². The third-order valence-corrected chi connectivity index (χ3v) is 6.60. The molecular weight excluding hydrogens is 476 g/mol. The van der Waals surface area contributed by atoms with Crippen LogP contribution in [0.4, 0.5) is 20.3 Å². The molecule has 1 saturated heterocycles. The quantitative estimate of drug-likeness (QED) is 0.345. The zero-order valence-electron chi connectivity index (χ0n) is 19.9. The second-order valence-electron chi connectivity index (χ2n) is 9.13. The second-order valence-corrected chi connectivity index (χ2v) is 9.13. The Morgan fingerprint density at radius 2 is 1.89 bits per heavy atom. The zero-order valence-corrected chi connectivity index (χ0v) is 19.9. The molecule has 1 aliphatic rings. The normalized spacial score (nSPS) is 14.8. The minimum atomic E-state index is -2.83. The summed E-state index contributed by atoms with van der Waals surface area (Å²) < 4.78 is 29.0. The number of aryl methyl sites for hydroxylation is 1. The first-order valence-electron chi connectivity index (χ1n) is 11.8. The fourth-order valence-electron chi connectivity index (χ4n) is 4.61. The van der Waals surface area contributed by atoms with Crippen LogP contribution in [0, 0.1) is 0 Å². The molecule has 2 N–H and O–H groups in total. The lowest BCUT2D eigenvalue weighted by Crippen LogP contribution is -2.32. The molecule has 4 heterocycles. The molecule has 3 aromatic heterocycles. The largest absolute Gasteiger partial charge is 0.345 e. The van der Waals surface area contributed by atoms with Crippen molar-refractivity contribution in [3.63, 3.8) is 0 Å². The number of carbonyl (C=O) groups is 1. The number of rotatable bonds is 5. The van der Waals surface area contributed by atoms with Gasteiger partial charge in [-0.05, 0) is 35.9 Å². The third-order valence-electron chi connectivity index (χ3n) is 6.60. The van der Waals surface area contributed by atoms with Crippen molar-refractivity contribution in [1.29, 1.82) is 0 Å². The van der Waals surface area contributed by atoms with Gasteiger partial charge in [0.15, 0.2) is 5.82 Å². The Morgan fingerprint density at radius 3 is 2.62 bits per heavy atom. The molecule has 5 aromatic rings. The second kappa shape index (κ2) is 8.81. The van der Waals surface area contributed by atoms with E-state index in [4.69, 9.17) is 0 Å². The number of hydrogen-bond donors (Lipinski definition) is 2. The van der Waals surface area contributed by atoms with E-state index in [1.807, 2.05) is 42.5 Å². The Hall–Kier alpha value is -4.60. The summed E-state index contributed by atoms with van der Waals surface area (Å²) >= 11 is 0. The van der Waals surface area contributed by atoms with Crippen LogP contribution >= 0.6 is 0 Å². The number of nitrogens with zero attached hydrogens (tertiary/aromatic N) is 5. The summed E-state index contributed by atoms with van der Waals surface area (Å²) in [5.41, 5.74) is 4.79. The van der Waals surface area contributed by atoms with Gasteiger partial charge in [0.1, 0.15) is 11.5 Å². The van der Waals surface area contributed by atoms with Crippen LogP contribution in [0.15, 0.2) is 73.3 Å². The van der Waals surface area contributed by atoms with E-state index in [2.05, 4.69) is 25.3 Å². The average molecular weight is 500 g/mol. The molecule has 6 rings (SSSR count). The first kappa shape index (κ1) is 22.8. The number of imidazole rings is 1. The van der Waals surface area contributed by atoms with Crippen molar-refractivity contribution >= 4 is 28.3 Å². The van der Waals surface area contributed by atoms with Crippen molar-refractivity contribution < 1.29 is 13.6 Å². The van der Waals surface area contributed by atoms with Crippen LogP contribution in [-0.2, 0) is 7.05 Å². The molecule has 2 aromatic carbocycles. The molecule has 0 atom stereocenters. The lowest BCUT2D eigenvalue weighted by Gasteiger charge is -2.16. The maximum absolute atomic E-state index is 13.6. The SMILES string of the molecule is Cn1c(C(=O)N2CCC(F)(F)C2)cc2ccc(-c3nccc(Nc4ccc(-c5cnc[nH]5)cc4)n3)cc21. The Kier molecular flexibility index (Phi) is 5.44. The van der Waals surface area contributed by atoms with E-state index in [0.29, 0.717) is 17.3 Å². The molecule has 37 heavy (non-hydrogen) atoms. The fourth-order valence-corrected chi connectivity index (χ4v) is 4.61. The molecule has 1 fully saturated rings. The van der Waals surface area contributed by atoms with E-state index >= 15 is 0 Å². The maximum atomic E-state index is 13.6. The number of aromatic amines is 1. The van der Waals surface area contributed by atoms with E-state index in [-0.39, 0.29) is 13.0 Å². The highest BCUT2D eigenvalue weighted by Crippen LogP contribution is 2.30. The van der Waals surface area contributed by atoms with Crippen molar-refractivity contribution in [1.82, 2.24) is 29.4 Å². The molecule has 186 valence electrons. The van der Waals surface area contributed by atoms with Crippen molar-refractivity contribution in [3.05, 3.63) is 79.0 Å². The van der Waals surface area contributed by atoms with Crippen LogP contribution in [0.5, 0.6) is 0 Å². The first-order valence-corrected chi connectivity index (χ1v) is 11.8. The van der Waals surface area contributed by atoms with Gasteiger partial charge in [0, 0.05) is 48.4 Å². The van der Waals surface area contributed by atoms with Gasteiger partial charge in [0.25, 0.3) is 11.8 Å². The molecule has 1 aliphatic heterocycles. The zero-order chi connectivity index (χ0) is 25.6. The molecule has 0 bridgehead atoms. The molecule has 0 saturated carbocycles. The molecular formula is C27H23F2N7O. The molecule has 10 heteroatoms. The van der Waals surface area contributed by atoms with E-state index in [0.717, 1.165) is 33.4 Å². The van der Waals surface area contributed by atoms with E-state index in [1.54, 1.807) is 42.5 Å². The van der Waals surface area contributed by atoms with Gasteiger partial charge in [-0.1, -0.05) is 24.3 Å². The Balaban J connectivity index is 1.24. The lowest BCUT2D eigenvalue weighted by atomic mass is 10.1. The number of hydrogen-bond acceptors (Lipinski definition) is 5. The Labute approximate surface area is 211 Å². The van der Waals surface area contributed by atoms with Crippen LogP contribution in [0.1, 0.15) is 16.9 Å². The number of benzene rings is 2. The number of amides is 1. The minimum Gasteiger partial charge on any atom is -0.345 e. The predicted octanol–water partition coefficient (Wildman–Crippen LogP) is 5.25. The van der Waals surface area contributed by atoms with Gasteiger partial charge in [0.05, 0.1) is 24.8 Å². The van der Waals surface area contributed by atoms with Crippen LogP contribution in [0.25, 0.3) is 33.5 Å². The van der Waals surface area contributed by atoms with Gasteiger partial charge in [-0.25, -0.2) is 23.7 Å². The van der Waals surface area contributed by atoms with Gasteiger partial charge >= 0.3 is 0 Å². The Morgan fingerprint density at radius 1 is 1.08 bits per heavy atom. The van der Waals surface area contributed by atoms with E-state index in [1.165, 1.54) is 4.90 Å². The average Bonchev–Trinajstić information content (AvgIpc) is 3.64. The van der Waals surface area contributed by atoms with Crippen molar-refractivity contribution in [2.45, 2.75) is 12.3 Å². The van der Waals surface area contributed by atoms with Gasteiger partial charge in [0.2, 0.25) is 0 Å². The number of anilines is 2. The van der Waals surface area contributed by atoms with Gasteiger partial charge in [-0.2, -0.15) is 0 Å². The highest BCUT2D eigenvalue weighted by Gasteiger charge is 2.41. The van der Waals surface area contributed by atoms with Crippen LogP contribution in [0.2, 0.25) is 0 Å². The fraction of sp³-hybridized carbons (Fsp3) is 0.185. The van der Waals surface area contributed by atoms with Crippen LogP contribution < -0.4 is 5.32 Å². The number of fused-ring (bicyclic) bond motifs is 1. The monoisotopic (exact) mass is 499 g/mol. The highest BCUT2D eigenvalue weighted by atomic mass is 19.3. The van der Waals surface area contributed by atoms with Gasteiger partial charge in [-0.15, -0.1) is 0 Å². The molecule has 0 unspecified atom stereocenters. The summed E-state index contributed by atoms with van der Waals surface area (Å²) in [5, 5.41) is 4.14. The van der Waals surface area contributed by atoms with E-state index < -0.39 is 18.4 Å². The molecule has 1 amide bonds. The molecule has 0 radical (unpaired) electrons. The number of carbonyl (C=O) groups excluding carboxylic acids is 1. The number of halogens is 2. The minimum absolute atomic E-state index is 0.0537. The number of alkyl halides is 2. The maximum Gasteiger partial charge on any atom is 0.270 e. The topological polar surface area (TPSA) is 91.7 Å². The van der Waals surface area contributed by atoms with Crippen molar-refractivity contribution in [3.8, 4) is 22.6 Å². The van der Waals surface area contributed by atoms with E-state index in [9.17, 15) is 13.6 Å². The summed E-state index contributed by atoms with van der Waals surface area (Å²) in [7, 11) is 1.76. The first-order chi connectivity index (χ1) is 17.9. The van der Waals surface area contributed by atoms with Gasteiger partial charge < -0.3 is 19.8 Å². The van der Waals surface area contributed by atoms with Crippen LogP contribution in [-0.4, -0.2) is 54.3 Å². The standard InChI is InChI=1S/C27H23F2N7O/c1-35-22-13-19(3-2-18(22)12-23(35)26(37)36-11-9-27(28,29)15-36)25-31-10-8-24(34-25)33-20-6-4-17(5-7-20)21-14-30-16-32-21/h2-8,10,12-14,16H,9,11,15H2,1H3,(H,30,32)(H,31,33,34). The van der Waals surface area contributed by atoms with Crippen molar-refractivity contribution in [2.24, 2.45) is 7.05 Å². The summed E-state index contributed by atoms with van der Waals surface area (Å²) in [5.74, 6) is -2.06. The predicted molar refractivity (Wildman–Crippen MR) is 137 cm³/mol. The summed E-state index contributed by atoms with van der Waals surface area (Å²) in [6.07, 6.45) is 4.79. The summed E-state index contributed by atoms with van der Waals surface area (Å²) in [6.45, 7) is -0.490. The number of H-pyrrole nitrogens is 1. The molecule has 8 nitrogen and oxygen atoms in total. The van der Waals surface area contributed by atoms with Crippen LogP contribution in [0.3, 0.4) is 0 Å². The van der Waals surface area contributed by atoms with Gasteiger partial charge in [-0.3, -0.25) is 4.79 Å². The number of nitrogens with one attached hydrogen (secondary N) is 2. The summed E-state index contributed by atoms with van der Waals surface area (Å²) in [6, 6.07) is 17.1. The lowest BCUT2D eigenvalue weighted by molar-refractivity contribution is 0.0119. The smallest absolute Gasteiger partial charge is 0.270 e. The summed E-state index contributed by atoms with van der Waals surface area (Å²) in [4.78, 5) is 30.4. The highest BCUT2D eigenvalue weighted by molar-refractivity contribution is 5.99. The number of aromatic nitrogens is 5. The molecule has 0 spiro atoms. The molecule has 0 aliphatic carbocycles. The number of likely N-dealkylation sites (tertiary alicyclic amines) is 1. The Bertz CT molecular complexity index is 1590. The third kappa shape index (κ3) is 4.42.